The van der Waals surface area contributed by atoms with E-state index in [-0.39, 0.29) is 11.9 Å². The number of amides is 2. The van der Waals surface area contributed by atoms with E-state index in [4.69, 9.17) is 15.2 Å². The zero-order valence-electron chi connectivity index (χ0n) is 20.8. The number of piperidine rings is 1. The van der Waals surface area contributed by atoms with Crippen LogP contribution in [-0.4, -0.2) is 60.2 Å². The summed E-state index contributed by atoms with van der Waals surface area (Å²) in [5.41, 5.74) is 11.2. The summed E-state index contributed by atoms with van der Waals surface area (Å²) < 4.78 is 10.3. The summed E-state index contributed by atoms with van der Waals surface area (Å²) in [4.78, 5) is 35.1. The molecule has 190 valence electrons. The number of benzene rings is 2. The Morgan fingerprint density at radius 1 is 1.11 bits per heavy atom. The van der Waals surface area contributed by atoms with Crippen LogP contribution in [0, 0.1) is 0 Å². The molecule has 4 aromatic rings. The average Bonchev–Trinajstić information content (AvgIpc) is 3.36. The molecule has 2 amide bonds. The highest BCUT2D eigenvalue weighted by Crippen LogP contribution is 2.36. The number of hydrogen-bond donors (Lipinski definition) is 3. The number of nitrogens with zero attached hydrogens (tertiary/aromatic N) is 2. The first-order chi connectivity index (χ1) is 18.0. The standard InChI is InChI=1S/C28H29N5O4/c1-36-25-8-4-3-7-20(25)23-15-31-26-21(23)13-18(14-30-26)17-9-10-24(32-28(35)37-2)22(12-17)27(34)33-11-5-6-19(29)16-33/h3-4,7-10,12-15,19H,5-6,11,16,29H2,1-2H3,(H,30,31)(H,32,35)/t19-/m0/s1. The highest BCUT2D eigenvalue weighted by Gasteiger charge is 2.25. The Morgan fingerprint density at radius 3 is 2.73 bits per heavy atom. The number of aromatic amines is 1. The summed E-state index contributed by atoms with van der Waals surface area (Å²) in [6.45, 7) is 1.09. The predicted molar refractivity (Wildman–Crippen MR) is 143 cm³/mol. The zero-order valence-corrected chi connectivity index (χ0v) is 20.8. The minimum atomic E-state index is -0.644. The third-order valence-corrected chi connectivity index (χ3v) is 6.68. The van der Waals surface area contributed by atoms with Crippen LogP contribution in [0.5, 0.6) is 5.75 Å². The third kappa shape index (κ3) is 4.85. The van der Waals surface area contributed by atoms with Gasteiger partial charge in [-0.3, -0.25) is 10.1 Å². The van der Waals surface area contributed by atoms with Crippen molar-refractivity contribution in [1.82, 2.24) is 14.9 Å². The fraction of sp³-hybridized carbons (Fsp3) is 0.250. The number of nitrogens with two attached hydrogens (primary N) is 1. The van der Waals surface area contributed by atoms with Crippen molar-refractivity contribution >= 4 is 28.7 Å². The second kappa shape index (κ2) is 10.3. The monoisotopic (exact) mass is 499 g/mol. The Balaban J connectivity index is 1.57. The molecule has 1 fully saturated rings. The van der Waals surface area contributed by atoms with Crippen molar-refractivity contribution in [3.05, 3.63) is 66.5 Å². The van der Waals surface area contributed by atoms with Crippen molar-refractivity contribution in [3.8, 4) is 28.0 Å². The number of carbonyl (C=O) groups excluding carboxylic acids is 2. The van der Waals surface area contributed by atoms with E-state index >= 15 is 0 Å². The second-order valence-electron chi connectivity index (χ2n) is 9.05. The second-order valence-corrected chi connectivity index (χ2v) is 9.05. The number of fused-ring (bicyclic) bond motifs is 1. The molecule has 0 unspecified atom stereocenters. The normalized spacial score (nSPS) is 15.4. The van der Waals surface area contributed by atoms with Crippen LogP contribution in [0.1, 0.15) is 23.2 Å². The number of methoxy groups -OCH3 is 2. The number of pyridine rings is 1. The van der Waals surface area contributed by atoms with Crippen LogP contribution in [0.3, 0.4) is 0 Å². The van der Waals surface area contributed by atoms with Crippen LogP contribution in [0.15, 0.2) is 60.9 Å². The highest BCUT2D eigenvalue weighted by molar-refractivity contribution is 6.04. The van der Waals surface area contributed by atoms with Gasteiger partial charge in [0.1, 0.15) is 11.4 Å². The Kier molecular flexibility index (Phi) is 6.78. The number of rotatable bonds is 5. The molecular formula is C28H29N5O4. The molecule has 5 rings (SSSR count). The van der Waals surface area contributed by atoms with E-state index in [1.54, 1.807) is 30.3 Å². The average molecular weight is 500 g/mol. The lowest BCUT2D eigenvalue weighted by molar-refractivity contribution is 0.0710. The molecule has 0 radical (unpaired) electrons. The summed E-state index contributed by atoms with van der Waals surface area (Å²) >= 11 is 0. The van der Waals surface area contributed by atoms with Crippen LogP contribution in [0.4, 0.5) is 10.5 Å². The first-order valence-corrected chi connectivity index (χ1v) is 12.1. The summed E-state index contributed by atoms with van der Waals surface area (Å²) in [7, 11) is 2.93. The molecule has 2 aromatic carbocycles. The lowest BCUT2D eigenvalue weighted by Crippen LogP contribution is -2.45. The Bertz CT molecular complexity index is 1460. The number of anilines is 1. The maximum Gasteiger partial charge on any atom is 0.411 e. The fourth-order valence-corrected chi connectivity index (χ4v) is 4.79. The van der Waals surface area contributed by atoms with E-state index in [2.05, 4.69) is 15.3 Å². The molecule has 1 saturated heterocycles. The molecule has 0 bridgehead atoms. The van der Waals surface area contributed by atoms with Crippen molar-refractivity contribution in [1.29, 1.82) is 0 Å². The number of hydrogen-bond acceptors (Lipinski definition) is 6. The summed E-state index contributed by atoms with van der Waals surface area (Å²) in [6, 6.07) is 15.1. The van der Waals surface area contributed by atoms with Crippen LogP contribution in [0.2, 0.25) is 0 Å². The highest BCUT2D eigenvalue weighted by atomic mass is 16.5. The number of likely N-dealkylation sites (tertiary alicyclic amines) is 1. The van der Waals surface area contributed by atoms with E-state index in [1.807, 2.05) is 42.6 Å². The van der Waals surface area contributed by atoms with Crippen LogP contribution >= 0.6 is 0 Å². The zero-order chi connectivity index (χ0) is 25.9. The molecule has 0 saturated carbocycles. The van der Waals surface area contributed by atoms with E-state index in [0.717, 1.165) is 51.9 Å². The van der Waals surface area contributed by atoms with Gasteiger partial charge in [-0.05, 0) is 42.7 Å². The number of para-hydroxylation sites is 1. The van der Waals surface area contributed by atoms with Crippen molar-refractivity contribution < 1.29 is 19.1 Å². The Morgan fingerprint density at radius 2 is 1.95 bits per heavy atom. The molecule has 0 aliphatic carbocycles. The minimum Gasteiger partial charge on any atom is -0.496 e. The van der Waals surface area contributed by atoms with Gasteiger partial charge in [0.05, 0.1) is 25.5 Å². The van der Waals surface area contributed by atoms with Gasteiger partial charge < -0.3 is 25.1 Å². The quantitative estimate of drug-likeness (QED) is 0.367. The molecule has 1 aliphatic heterocycles. The van der Waals surface area contributed by atoms with Gasteiger partial charge in [-0.2, -0.15) is 0 Å². The van der Waals surface area contributed by atoms with Gasteiger partial charge in [0.15, 0.2) is 0 Å². The van der Waals surface area contributed by atoms with Gasteiger partial charge in [0.25, 0.3) is 5.91 Å². The topological polar surface area (TPSA) is 123 Å². The minimum absolute atomic E-state index is 0.0634. The molecule has 3 heterocycles. The number of carbonyl (C=O) groups is 2. The Hall–Kier alpha value is -4.37. The molecule has 1 atom stereocenters. The van der Waals surface area contributed by atoms with Gasteiger partial charge >= 0.3 is 6.09 Å². The van der Waals surface area contributed by atoms with E-state index in [0.29, 0.717) is 24.3 Å². The van der Waals surface area contributed by atoms with Crippen molar-refractivity contribution in [2.24, 2.45) is 5.73 Å². The molecule has 0 spiro atoms. The lowest BCUT2D eigenvalue weighted by atomic mass is 9.98. The SMILES string of the molecule is COC(=O)Nc1ccc(-c2cnc3[nH]cc(-c4ccccc4OC)c3c2)cc1C(=O)N1CCC[C@H](N)C1. The first-order valence-electron chi connectivity index (χ1n) is 12.1. The summed E-state index contributed by atoms with van der Waals surface area (Å²) in [5, 5.41) is 3.59. The smallest absolute Gasteiger partial charge is 0.411 e. The fourth-order valence-electron chi connectivity index (χ4n) is 4.79. The molecular weight excluding hydrogens is 470 g/mol. The van der Waals surface area contributed by atoms with Gasteiger partial charge in [-0.25, -0.2) is 9.78 Å². The lowest BCUT2D eigenvalue weighted by Gasteiger charge is -2.31. The molecule has 37 heavy (non-hydrogen) atoms. The first kappa shape index (κ1) is 24.3. The van der Waals surface area contributed by atoms with Gasteiger partial charge in [0, 0.05) is 53.6 Å². The largest absolute Gasteiger partial charge is 0.496 e. The van der Waals surface area contributed by atoms with E-state index < -0.39 is 6.09 Å². The van der Waals surface area contributed by atoms with Crippen molar-refractivity contribution in [3.63, 3.8) is 0 Å². The molecule has 1 aliphatic rings. The molecule has 2 aromatic heterocycles. The third-order valence-electron chi connectivity index (χ3n) is 6.68. The maximum absolute atomic E-state index is 13.5. The van der Waals surface area contributed by atoms with Gasteiger partial charge in [0.2, 0.25) is 0 Å². The van der Waals surface area contributed by atoms with Gasteiger partial charge in [-0.1, -0.05) is 24.3 Å². The van der Waals surface area contributed by atoms with Crippen LogP contribution in [-0.2, 0) is 4.74 Å². The van der Waals surface area contributed by atoms with E-state index in [1.165, 1.54) is 7.11 Å². The van der Waals surface area contributed by atoms with Crippen LogP contribution < -0.4 is 15.8 Å². The van der Waals surface area contributed by atoms with Crippen molar-refractivity contribution in [2.75, 3.05) is 32.6 Å². The molecule has 9 nitrogen and oxygen atoms in total. The number of aromatic nitrogens is 2. The van der Waals surface area contributed by atoms with Gasteiger partial charge in [-0.15, -0.1) is 0 Å². The summed E-state index contributed by atoms with van der Waals surface area (Å²) in [5.74, 6) is 0.577. The number of ether oxygens (including phenoxy) is 2. The number of H-pyrrole nitrogens is 1. The van der Waals surface area contributed by atoms with Crippen LogP contribution in [0.25, 0.3) is 33.3 Å². The van der Waals surface area contributed by atoms with Crippen molar-refractivity contribution in [2.45, 2.75) is 18.9 Å². The number of nitrogens with one attached hydrogen (secondary N) is 2. The Labute approximate surface area is 214 Å². The maximum atomic E-state index is 13.5. The molecule has 9 heteroatoms. The predicted octanol–water partition coefficient (Wildman–Crippen LogP) is 4.65. The summed E-state index contributed by atoms with van der Waals surface area (Å²) in [6.07, 6.45) is 4.75. The van der Waals surface area contributed by atoms with E-state index in [9.17, 15) is 9.59 Å². The molecule has 4 N–H and O–H groups in total.